The maximum absolute atomic E-state index is 14.5. The third-order valence-corrected chi connectivity index (χ3v) is 9.03. The van der Waals surface area contributed by atoms with Crippen molar-refractivity contribution >= 4 is 40.8 Å². The van der Waals surface area contributed by atoms with Crippen LogP contribution in [0.3, 0.4) is 0 Å². The van der Waals surface area contributed by atoms with Gasteiger partial charge in [0.15, 0.2) is 0 Å². The first-order valence-electron chi connectivity index (χ1n) is 12.6. The molecule has 198 valence electrons. The first-order valence-corrected chi connectivity index (χ1v) is 13.4. The topological polar surface area (TPSA) is 65.1 Å². The number of amides is 3. The molecule has 1 saturated carbocycles. The van der Waals surface area contributed by atoms with Crippen molar-refractivity contribution in [1.82, 2.24) is 14.7 Å². The molecule has 5 rings (SSSR count). The fraction of sp³-hybridized carbons (Fsp3) is 0.680. The van der Waals surface area contributed by atoms with Crippen molar-refractivity contribution in [3.05, 3.63) is 28.2 Å². The number of carbonyl (C=O) groups is 2. The van der Waals surface area contributed by atoms with E-state index in [1.807, 2.05) is 9.80 Å². The molecule has 0 bridgehead atoms. The third kappa shape index (κ3) is 4.91. The van der Waals surface area contributed by atoms with E-state index < -0.39 is 23.4 Å². The Labute approximate surface area is 220 Å². The van der Waals surface area contributed by atoms with E-state index in [4.69, 9.17) is 27.9 Å². The van der Waals surface area contributed by atoms with E-state index in [0.717, 1.165) is 0 Å². The van der Waals surface area contributed by atoms with Gasteiger partial charge in [0.1, 0.15) is 6.04 Å². The quantitative estimate of drug-likeness (QED) is 0.582. The van der Waals surface area contributed by atoms with Crippen molar-refractivity contribution in [2.75, 3.05) is 44.7 Å². The number of morpholine rings is 1. The normalized spacial score (nSPS) is 29.2. The second-order valence-corrected chi connectivity index (χ2v) is 11.4. The smallest absolute Gasteiger partial charge is 0.322 e. The molecule has 1 aromatic rings. The van der Waals surface area contributed by atoms with Crippen LogP contribution in [-0.2, 0) is 9.53 Å². The highest BCUT2D eigenvalue weighted by atomic mass is 35.5. The number of hydrogen-bond acceptors (Lipinski definition) is 4. The van der Waals surface area contributed by atoms with E-state index in [9.17, 15) is 18.4 Å². The average molecular weight is 545 g/mol. The lowest BCUT2D eigenvalue weighted by Crippen LogP contribution is -2.68. The Morgan fingerprint density at radius 3 is 2.67 bits per heavy atom. The molecule has 3 heterocycles. The van der Waals surface area contributed by atoms with Gasteiger partial charge in [-0.25, -0.2) is 13.6 Å². The molecule has 4 fully saturated rings. The van der Waals surface area contributed by atoms with Crippen LogP contribution in [0.15, 0.2) is 18.2 Å². The van der Waals surface area contributed by atoms with Gasteiger partial charge >= 0.3 is 6.03 Å². The number of halogens is 4. The Bertz CT molecular complexity index is 1030. The van der Waals surface area contributed by atoms with Crippen LogP contribution in [0.5, 0.6) is 0 Å². The molecule has 0 aromatic heterocycles. The first-order chi connectivity index (χ1) is 17.1. The number of urea groups is 1. The Morgan fingerprint density at radius 1 is 1.19 bits per heavy atom. The van der Waals surface area contributed by atoms with Crippen molar-refractivity contribution in [1.29, 1.82) is 0 Å². The first kappa shape index (κ1) is 25.9. The summed E-state index contributed by atoms with van der Waals surface area (Å²) < 4.78 is 34.8. The number of nitrogens with one attached hydrogen (secondary N) is 1. The number of rotatable bonds is 5. The van der Waals surface area contributed by atoms with Gasteiger partial charge in [-0.15, -0.1) is 0 Å². The highest BCUT2D eigenvalue weighted by Gasteiger charge is 2.63. The molecule has 3 saturated heterocycles. The number of piperazine rings is 1. The summed E-state index contributed by atoms with van der Waals surface area (Å²) >= 11 is 12.0. The van der Waals surface area contributed by atoms with E-state index >= 15 is 0 Å². The number of anilines is 1. The minimum absolute atomic E-state index is 0.121. The number of likely N-dealkylation sites (tertiary alicyclic amines) is 1. The van der Waals surface area contributed by atoms with E-state index in [0.29, 0.717) is 80.7 Å². The van der Waals surface area contributed by atoms with Crippen LogP contribution >= 0.6 is 23.2 Å². The summed E-state index contributed by atoms with van der Waals surface area (Å²) in [5, 5.41) is 3.50. The number of carbonyl (C=O) groups excluding carboxylic acids is 2. The second kappa shape index (κ2) is 9.89. The summed E-state index contributed by atoms with van der Waals surface area (Å²) in [6.07, 6.45) is 3.25. The number of benzene rings is 1. The molecular weight excluding hydrogens is 513 g/mol. The number of ether oxygens (including phenoxy) is 1. The van der Waals surface area contributed by atoms with Crippen molar-refractivity contribution < 1.29 is 23.1 Å². The predicted molar refractivity (Wildman–Crippen MR) is 134 cm³/mol. The monoisotopic (exact) mass is 544 g/mol. The van der Waals surface area contributed by atoms with Gasteiger partial charge in [0.05, 0.1) is 41.9 Å². The van der Waals surface area contributed by atoms with Gasteiger partial charge in [0, 0.05) is 17.6 Å². The van der Waals surface area contributed by atoms with Gasteiger partial charge in [0.25, 0.3) is 5.92 Å². The Balaban J connectivity index is 1.16. The molecule has 11 heteroatoms. The van der Waals surface area contributed by atoms with Gasteiger partial charge in [-0.3, -0.25) is 9.69 Å². The SMILES string of the molecule is CC1C(=O)N2C(CCCN3CCC4(CC4)C(F)(F)C3)COCC2CN1C(=O)Nc1ccc(Cl)c(Cl)c1. The van der Waals surface area contributed by atoms with Crippen LogP contribution in [0.1, 0.15) is 39.0 Å². The van der Waals surface area contributed by atoms with Crippen LogP contribution in [0.2, 0.25) is 10.0 Å². The zero-order valence-electron chi connectivity index (χ0n) is 20.3. The van der Waals surface area contributed by atoms with E-state index in [1.165, 1.54) is 4.90 Å². The Morgan fingerprint density at radius 2 is 1.97 bits per heavy atom. The molecule has 3 amide bonds. The van der Waals surface area contributed by atoms with Crippen molar-refractivity contribution in [3.8, 4) is 0 Å². The van der Waals surface area contributed by atoms with E-state index in [1.54, 1.807) is 25.1 Å². The summed E-state index contributed by atoms with van der Waals surface area (Å²) in [5.41, 5.74) is -0.243. The second-order valence-electron chi connectivity index (χ2n) is 10.6. The maximum Gasteiger partial charge on any atom is 0.322 e. The van der Waals surface area contributed by atoms with E-state index in [2.05, 4.69) is 5.32 Å². The number of alkyl halides is 2. The molecule has 3 unspecified atom stereocenters. The lowest BCUT2D eigenvalue weighted by atomic mass is 9.89. The largest absolute Gasteiger partial charge is 0.377 e. The van der Waals surface area contributed by atoms with E-state index in [-0.39, 0.29) is 24.5 Å². The lowest BCUT2D eigenvalue weighted by molar-refractivity contribution is -0.159. The summed E-state index contributed by atoms with van der Waals surface area (Å²) in [7, 11) is 0. The summed E-state index contributed by atoms with van der Waals surface area (Å²) in [4.78, 5) is 31.6. The Kier molecular flexibility index (Phi) is 7.13. The van der Waals surface area contributed by atoms with Crippen molar-refractivity contribution in [3.63, 3.8) is 0 Å². The fourth-order valence-electron chi connectivity index (χ4n) is 5.87. The van der Waals surface area contributed by atoms with Gasteiger partial charge < -0.3 is 19.9 Å². The van der Waals surface area contributed by atoms with Crippen LogP contribution in [-0.4, -0.2) is 90.1 Å². The van der Waals surface area contributed by atoms with Crippen molar-refractivity contribution in [2.24, 2.45) is 5.41 Å². The number of hydrogen-bond donors (Lipinski definition) is 1. The average Bonchev–Trinajstić information content (AvgIpc) is 3.62. The molecule has 1 aliphatic carbocycles. The minimum atomic E-state index is -2.61. The molecule has 1 spiro atoms. The zero-order chi connectivity index (χ0) is 25.7. The highest BCUT2D eigenvalue weighted by molar-refractivity contribution is 6.42. The maximum atomic E-state index is 14.5. The molecule has 36 heavy (non-hydrogen) atoms. The number of piperidine rings is 1. The molecule has 4 aliphatic rings. The van der Waals surface area contributed by atoms with Crippen LogP contribution in [0, 0.1) is 5.41 Å². The Hall–Kier alpha value is -1.68. The predicted octanol–water partition coefficient (Wildman–Crippen LogP) is 4.73. The standard InChI is InChI=1S/C25H32Cl2F2N4O3/c1-16-22(34)33-18(3-2-9-31-10-8-24(6-7-24)25(28,29)15-31)13-36-14-19(33)12-32(16)23(35)30-17-4-5-20(26)21(27)11-17/h4-5,11,16,18-19H,2-3,6-10,12-15H2,1H3,(H,30,35). The number of fused-ring (bicyclic) bond motifs is 1. The minimum Gasteiger partial charge on any atom is -0.377 e. The molecule has 3 atom stereocenters. The molecule has 1 aromatic carbocycles. The highest BCUT2D eigenvalue weighted by Crippen LogP contribution is 2.61. The van der Waals surface area contributed by atoms with Crippen LogP contribution in [0.25, 0.3) is 0 Å². The third-order valence-electron chi connectivity index (χ3n) is 8.30. The van der Waals surface area contributed by atoms with Crippen molar-refractivity contribution in [2.45, 2.75) is 63.1 Å². The summed E-state index contributed by atoms with van der Waals surface area (Å²) in [6.45, 7) is 3.97. The van der Waals surface area contributed by atoms with Gasteiger partial charge in [0.2, 0.25) is 5.91 Å². The fourth-order valence-corrected chi connectivity index (χ4v) is 6.17. The summed E-state index contributed by atoms with van der Waals surface area (Å²) in [5.74, 6) is -2.73. The van der Waals surface area contributed by atoms with Crippen LogP contribution < -0.4 is 5.32 Å². The lowest BCUT2D eigenvalue weighted by Gasteiger charge is -2.50. The molecule has 0 radical (unpaired) electrons. The van der Waals surface area contributed by atoms with Gasteiger partial charge in [-0.1, -0.05) is 23.2 Å². The summed E-state index contributed by atoms with van der Waals surface area (Å²) in [6, 6.07) is 3.40. The van der Waals surface area contributed by atoms with Gasteiger partial charge in [-0.05, 0) is 70.3 Å². The molecule has 7 nitrogen and oxygen atoms in total. The van der Waals surface area contributed by atoms with Gasteiger partial charge in [-0.2, -0.15) is 0 Å². The zero-order valence-corrected chi connectivity index (χ0v) is 21.8. The molecule has 1 N–H and O–H groups in total. The molecule has 3 aliphatic heterocycles. The molecular formula is C25H32Cl2F2N4O3. The van der Waals surface area contributed by atoms with Crippen LogP contribution in [0.4, 0.5) is 19.3 Å². The number of nitrogens with zero attached hydrogens (tertiary/aromatic N) is 3.